The molecule has 0 atom stereocenters. The van der Waals surface area contributed by atoms with Crippen LogP contribution in [0.25, 0.3) is 0 Å². The van der Waals surface area contributed by atoms with Gasteiger partial charge in [0, 0.05) is 0 Å². The summed E-state index contributed by atoms with van der Waals surface area (Å²) in [6.45, 7) is 0. The van der Waals surface area contributed by atoms with Crippen molar-refractivity contribution in [1.29, 1.82) is 0 Å². The Morgan fingerprint density at radius 1 is 1.75 bits per heavy atom. The molecule has 1 aromatic carbocycles. The van der Waals surface area contributed by atoms with Crippen LogP contribution >= 0.6 is 0 Å². The zero-order valence-electron chi connectivity index (χ0n) is 6.11. The number of benzene rings is 1. The first-order valence-corrected chi connectivity index (χ1v) is 2.13. The molecular formula is C6H6FN. The number of para-hydroxylation sites is 1. The fourth-order valence-corrected chi connectivity index (χ4v) is 0.381. The van der Waals surface area contributed by atoms with Crippen LogP contribution in [-0.2, 0) is 0 Å². The topological polar surface area (TPSA) is 26.0 Å². The Morgan fingerprint density at radius 2 is 2.50 bits per heavy atom. The van der Waals surface area contributed by atoms with Crippen LogP contribution in [-0.4, -0.2) is 0 Å². The number of nitrogens with two attached hydrogens (primary N) is 1. The second-order valence-corrected chi connectivity index (χ2v) is 1.36. The highest BCUT2D eigenvalue weighted by Crippen LogP contribution is 2.05. The Kier molecular flexibility index (Phi) is 0.699. The van der Waals surface area contributed by atoms with Crippen molar-refractivity contribution in [3.8, 4) is 0 Å². The highest BCUT2D eigenvalue weighted by molar-refractivity contribution is 5.38. The summed E-state index contributed by atoms with van der Waals surface area (Å²) in [6, 6.07) is 2.01. The molecule has 42 valence electrons. The van der Waals surface area contributed by atoms with E-state index in [9.17, 15) is 4.39 Å². The van der Waals surface area contributed by atoms with E-state index in [2.05, 4.69) is 0 Å². The molecule has 0 spiro atoms. The fraction of sp³-hybridized carbons (Fsp3) is 0. The third-order valence-corrected chi connectivity index (χ3v) is 0.778. The normalized spacial score (nSPS) is 12.6. The fourth-order valence-electron chi connectivity index (χ4n) is 0.381. The van der Waals surface area contributed by atoms with Crippen molar-refractivity contribution >= 4 is 5.69 Å². The van der Waals surface area contributed by atoms with Gasteiger partial charge >= 0.3 is 0 Å². The lowest BCUT2D eigenvalue weighted by Gasteiger charge is -1.89. The van der Waals surface area contributed by atoms with Crippen molar-refractivity contribution in [2.45, 2.75) is 0 Å². The van der Waals surface area contributed by atoms with Gasteiger partial charge in [0.1, 0.15) is 5.82 Å². The van der Waals surface area contributed by atoms with Crippen LogP contribution in [0.5, 0.6) is 0 Å². The lowest BCUT2D eigenvalue weighted by molar-refractivity contribution is 0.632. The van der Waals surface area contributed by atoms with E-state index in [-0.39, 0.29) is 17.8 Å². The van der Waals surface area contributed by atoms with E-state index in [0.29, 0.717) is 0 Å². The molecule has 0 aliphatic carbocycles. The summed E-state index contributed by atoms with van der Waals surface area (Å²) >= 11 is 0. The minimum Gasteiger partial charge on any atom is -0.396 e. The van der Waals surface area contributed by atoms with Crippen molar-refractivity contribution in [3.05, 3.63) is 30.0 Å². The lowest BCUT2D eigenvalue weighted by Crippen LogP contribution is -1.86. The Balaban J connectivity index is 3.31. The summed E-state index contributed by atoms with van der Waals surface area (Å²) in [4.78, 5) is 0. The number of hydrogen-bond donors (Lipinski definition) is 1. The maximum absolute atomic E-state index is 12.5. The molecule has 0 aliphatic rings. The van der Waals surface area contributed by atoms with Gasteiger partial charge in [-0.2, -0.15) is 0 Å². The first kappa shape index (κ1) is 3.07. The molecule has 0 saturated heterocycles. The molecule has 2 heteroatoms. The monoisotopic (exact) mass is 113 g/mol. The van der Waals surface area contributed by atoms with E-state index >= 15 is 0 Å². The van der Waals surface area contributed by atoms with E-state index in [1.807, 2.05) is 0 Å². The largest absolute Gasteiger partial charge is 0.396 e. The van der Waals surface area contributed by atoms with Gasteiger partial charge in [-0.15, -0.1) is 0 Å². The van der Waals surface area contributed by atoms with Crippen molar-refractivity contribution in [2.75, 3.05) is 5.73 Å². The van der Waals surface area contributed by atoms with Gasteiger partial charge in [-0.25, -0.2) is 4.39 Å². The summed E-state index contributed by atoms with van der Waals surface area (Å²) in [5.41, 5.74) is 4.91. The van der Waals surface area contributed by atoms with Gasteiger partial charge in [0.25, 0.3) is 0 Å². The Labute approximate surface area is 49.7 Å². The van der Waals surface area contributed by atoms with Gasteiger partial charge in [-0.1, -0.05) is 12.1 Å². The molecule has 0 fully saturated rings. The van der Waals surface area contributed by atoms with Gasteiger partial charge in [-0.05, 0) is 12.1 Å². The minimum atomic E-state index is -0.697. The molecule has 0 amide bonds. The average molecular weight is 113 g/mol. The molecule has 0 radical (unpaired) electrons. The number of halogens is 1. The molecule has 0 heterocycles. The molecule has 0 unspecified atom stereocenters. The van der Waals surface area contributed by atoms with Crippen LogP contribution in [0.3, 0.4) is 0 Å². The zero-order chi connectivity index (χ0) is 7.72. The van der Waals surface area contributed by atoms with Gasteiger partial charge in [0.2, 0.25) is 0 Å². The number of anilines is 1. The number of hydrogen-bond acceptors (Lipinski definition) is 1. The number of nitrogen functional groups attached to an aromatic ring is 1. The summed E-state index contributed by atoms with van der Waals surface area (Å²) in [5, 5.41) is 0. The van der Waals surface area contributed by atoms with Gasteiger partial charge < -0.3 is 5.73 Å². The number of rotatable bonds is 0. The highest BCUT2D eigenvalue weighted by atomic mass is 19.1. The summed E-state index contributed by atoms with van der Waals surface area (Å²) < 4.78 is 26.4. The zero-order valence-corrected chi connectivity index (χ0v) is 4.11. The molecule has 1 rings (SSSR count). The second-order valence-electron chi connectivity index (χ2n) is 1.36. The summed E-state index contributed by atoms with van der Waals surface area (Å²) in [5.74, 6) is -0.697. The van der Waals surface area contributed by atoms with E-state index < -0.39 is 5.82 Å². The Hall–Kier alpha value is -1.05. The Bertz CT molecular complexity index is 239. The molecule has 8 heavy (non-hydrogen) atoms. The van der Waals surface area contributed by atoms with Crippen molar-refractivity contribution < 1.29 is 7.13 Å². The lowest BCUT2D eigenvalue weighted by atomic mass is 10.3. The third-order valence-electron chi connectivity index (χ3n) is 0.778. The van der Waals surface area contributed by atoms with Crippen molar-refractivity contribution in [1.82, 2.24) is 0 Å². The first-order valence-electron chi connectivity index (χ1n) is 3.13. The van der Waals surface area contributed by atoms with Gasteiger partial charge in [0.05, 0.1) is 8.43 Å². The molecule has 2 N–H and O–H groups in total. The van der Waals surface area contributed by atoms with Gasteiger partial charge in [-0.3, -0.25) is 0 Å². The molecule has 0 aromatic heterocycles. The summed E-state index contributed by atoms with van der Waals surface area (Å²) in [6.07, 6.45) is 0. The molecule has 1 aromatic rings. The maximum Gasteiger partial charge on any atom is 0.146 e. The smallest absolute Gasteiger partial charge is 0.146 e. The minimum absolute atomic E-state index is 0.0308. The second kappa shape index (κ2) is 1.82. The molecular weight excluding hydrogens is 105 g/mol. The predicted molar refractivity (Wildman–Crippen MR) is 30.8 cm³/mol. The summed E-state index contributed by atoms with van der Waals surface area (Å²) in [7, 11) is 0. The van der Waals surface area contributed by atoms with Crippen LogP contribution in [0.15, 0.2) is 24.2 Å². The standard InChI is InChI=1S/C6H6FN/c7-5-3-1-2-4-6(5)8/h1-4H,8H2/i1D,4D. The van der Waals surface area contributed by atoms with Gasteiger partial charge in [0.15, 0.2) is 0 Å². The van der Waals surface area contributed by atoms with Crippen LogP contribution in [0, 0.1) is 5.82 Å². The van der Waals surface area contributed by atoms with E-state index in [1.165, 1.54) is 6.07 Å². The van der Waals surface area contributed by atoms with E-state index in [4.69, 9.17) is 8.48 Å². The van der Waals surface area contributed by atoms with Crippen LogP contribution in [0.4, 0.5) is 10.1 Å². The van der Waals surface area contributed by atoms with Crippen LogP contribution in [0.1, 0.15) is 2.74 Å². The maximum atomic E-state index is 12.5. The molecule has 0 bridgehead atoms. The first-order chi connectivity index (χ1) is 4.61. The SMILES string of the molecule is [2H]c1cc([2H])c(N)c(F)c1. The van der Waals surface area contributed by atoms with Crippen LogP contribution in [0.2, 0.25) is 0 Å². The van der Waals surface area contributed by atoms with E-state index in [0.717, 1.165) is 6.07 Å². The predicted octanol–water partition coefficient (Wildman–Crippen LogP) is 1.41. The molecule has 0 aliphatic heterocycles. The van der Waals surface area contributed by atoms with Crippen molar-refractivity contribution in [3.63, 3.8) is 0 Å². The van der Waals surface area contributed by atoms with Crippen molar-refractivity contribution in [2.24, 2.45) is 0 Å². The molecule has 0 saturated carbocycles. The quantitative estimate of drug-likeness (QED) is 0.506. The van der Waals surface area contributed by atoms with E-state index in [1.54, 1.807) is 0 Å². The highest BCUT2D eigenvalue weighted by Gasteiger charge is 1.89. The molecule has 1 nitrogen and oxygen atoms in total. The average Bonchev–Trinajstić information content (AvgIpc) is 1.82. The van der Waals surface area contributed by atoms with Crippen LogP contribution < -0.4 is 5.73 Å². The third kappa shape index (κ3) is 0.780. The Morgan fingerprint density at radius 3 is 3.12 bits per heavy atom.